The fraction of sp³-hybridized carbons (Fsp3) is 0.450. The maximum absolute atomic E-state index is 13.9. The molecule has 32 heavy (non-hydrogen) atoms. The molecule has 172 valence electrons. The number of alkyl halides is 3. The second-order valence-electron chi connectivity index (χ2n) is 7.79. The Morgan fingerprint density at radius 3 is 2.44 bits per heavy atom. The van der Waals surface area contributed by atoms with E-state index in [4.69, 9.17) is 4.74 Å². The smallest absolute Gasteiger partial charge is 0.359 e. The zero-order valence-corrected chi connectivity index (χ0v) is 16.7. The fourth-order valence-electron chi connectivity index (χ4n) is 4.16. The summed E-state index contributed by atoms with van der Waals surface area (Å²) in [6, 6.07) is 0.894. The lowest BCUT2D eigenvalue weighted by Crippen LogP contribution is -2.43. The molecule has 7 nitrogen and oxygen atoms in total. The van der Waals surface area contributed by atoms with Crippen molar-refractivity contribution < 1.29 is 36.3 Å². The molecule has 0 aliphatic carbocycles. The van der Waals surface area contributed by atoms with Crippen molar-refractivity contribution in [2.24, 2.45) is 0 Å². The third kappa shape index (κ3) is 4.39. The van der Waals surface area contributed by atoms with Crippen LogP contribution in [-0.4, -0.2) is 51.8 Å². The number of halogens is 5. The molecule has 0 radical (unpaired) electrons. The van der Waals surface area contributed by atoms with Crippen LogP contribution in [0.25, 0.3) is 0 Å². The minimum atomic E-state index is -4.97. The molecule has 1 fully saturated rings. The van der Waals surface area contributed by atoms with Gasteiger partial charge in [-0.05, 0) is 42.4 Å². The Morgan fingerprint density at radius 2 is 1.75 bits per heavy atom. The summed E-state index contributed by atoms with van der Waals surface area (Å²) < 4.78 is 72.3. The van der Waals surface area contributed by atoms with Crippen molar-refractivity contribution in [1.29, 1.82) is 0 Å². The standard InChI is InChI=1S/C20H19F5N4O3/c21-13-7-14(17(15(22)8-13)20(23,24)25)11-1-4-28(5-2-11)18(30)32-19(31)29-6-3-12-9-26-27-16(12)10-29/h7-9,11H,1-6,10H2,(H,26,27). The van der Waals surface area contributed by atoms with Crippen LogP contribution in [0.2, 0.25) is 0 Å². The van der Waals surface area contributed by atoms with Gasteiger partial charge in [-0.3, -0.25) is 5.10 Å². The lowest BCUT2D eigenvalue weighted by molar-refractivity contribution is -0.141. The molecule has 12 heteroatoms. The number of hydrogen-bond acceptors (Lipinski definition) is 4. The number of likely N-dealkylation sites (tertiary alicyclic amines) is 1. The van der Waals surface area contributed by atoms with E-state index in [-0.39, 0.29) is 38.5 Å². The topological polar surface area (TPSA) is 78.5 Å². The number of nitrogens with one attached hydrogen (secondary N) is 1. The van der Waals surface area contributed by atoms with E-state index in [1.807, 2.05) is 0 Å². The predicted molar refractivity (Wildman–Crippen MR) is 99.5 cm³/mol. The van der Waals surface area contributed by atoms with E-state index in [1.54, 1.807) is 6.20 Å². The molecular weight excluding hydrogens is 439 g/mol. The minimum Gasteiger partial charge on any atom is -0.359 e. The van der Waals surface area contributed by atoms with Crippen molar-refractivity contribution in [3.05, 3.63) is 52.3 Å². The number of piperidine rings is 1. The molecule has 1 aromatic heterocycles. The first-order chi connectivity index (χ1) is 15.1. The van der Waals surface area contributed by atoms with Crippen molar-refractivity contribution in [2.75, 3.05) is 19.6 Å². The van der Waals surface area contributed by atoms with Crippen LogP contribution in [0.5, 0.6) is 0 Å². The van der Waals surface area contributed by atoms with E-state index in [2.05, 4.69) is 10.2 Å². The molecule has 2 amide bonds. The molecule has 0 bridgehead atoms. The van der Waals surface area contributed by atoms with Crippen molar-refractivity contribution in [1.82, 2.24) is 20.0 Å². The zero-order valence-electron chi connectivity index (χ0n) is 16.7. The number of carbonyl (C=O) groups is 2. The summed E-state index contributed by atoms with van der Waals surface area (Å²) in [7, 11) is 0. The molecule has 1 aromatic carbocycles. The number of aromatic amines is 1. The number of ether oxygens (including phenoxy) is 1. The van der Waals surface area contributed by atoms with Crippen LogP contribution in [0.3, 0.4) is 0 Å². The fourth-order valence-corrected chi connectivity index (χ4v) is 4.16. The monoisotopic (exact) mass is 458 g/mol. The van der Waals surface area contributed by atoms with Gasteiger partial charge in [0.2, 0.25) is 0 Å². The number of amides is 2. The number of H-pyrrole nitrogens is 1. The van der Waals surface area contributed by atoms with Crippen LogP contribution >= 0.6 is 0 Å². The normalized spacial score (nSPS) is 17.3. The number of carbonyl (C=O) groups excluding carboxylic acids is 2. The van der Waals surface area contributed by atoms with E-state index >= 15 is 0 Å². The van der Waals surface area contributed by atoms with Gasteiger partial charge in [0.25, 0.3) is 0 Å². The summed E-state index contributed by atoms with van der Waals surface area (Å²) in [4.78, 5) is 27.2. The zero-order chi connectivity index (χ0) is 23.0. The quantitative estimate of drug-likeness (QED) is 0.513. The van der Waals surface area contributed by atoms with E-state index in [1.165, 1.54) is 9.80 Å². The van der Waals surface area contributed by atoms with Crippen LogP contribution in [-0.2, 0) is 23.9 Å². The number of fused-ring (bicyclic) bond motifs is 1. The highest BCUT2D eigenvalue weighted by Gasteiger charge is 2.40. The lowest BCUT2D eigenvalue weighted by Gasteiger charge is -2.33. The molecule has 1 N–H and O–H groups in total. The Morgan fingerprint density at radius 1 is 1.06 bits per heavy atom. The average Bonchev–Trinajstić information content (AvgIpc) is 3.20. The second kappa shape index (κ2) is 8.40. The number of benzene rings is 1. The molecule has 3 heterocycles. The van der Waals surface area contributed by atoms with Gasteiger partial charge in [-0.2, -0.15) is 18.3 Å². The molecule has 0 saturated carbocycles. The number of nitrogens with zero attached hydrogens (tertiary/aromatic N) is 3. The average molecular weight is 458 g/mol. The molecular formula is C20H19F5N4O3. The SMILES string of the molecule is O=C(OC(=O)N1CCc2cn[nH]c2C1)N1CCC(c2cc(F)cc(F)c2C(F)(F)F)CC1. The number of aromatic nitrogens is 2. The van der Waals surface area contributed by atoms with Crippen molar-refractivity contribution >= 4 is 12.2 Å². The molecule has 2 aromatic rings. The van der Waals surface area contributed by atoms with E-state index in [0.29, 0.717) is 19.0 Å². The third-order valence-corrected chi connectivity index (χ3v) is 5.80. The highest BCUT2D eigenvalue weighted by molar-refractivity contribution is 5.83. The van der Waals surface area contributed by atoms with Gasteiger partial charge in [-0.15, -0.1) is 0 Å². The lowest BCUT2D eigenvalue weighted by atomic mass is 9.86. The Labute approximate surface area is 179 Å². The van der Waals surface area contributed by atoms with Crippen LogP contribution < -0.4 is 0 Å². The summed E-state index contributed by atoms with van der Waals surface area (Å²) in [5.41, 5.74) is -0.222. The van der Waals surface area contributed by atoms with Crippen LogP contribution in [0, 0.1) is 11.6 Å². The van der Waals surface area contributed by atoms with E-state index < -0.39 is 47.0 Å². The summed E-state index contributed by atoms with van der Waals surface area (Å²) in [5, 5.41) is 6.67. The predicted octanol–water partition coefficient (Wildman–Crippen LogP) is 4.20. The molecule has 0 unspecified atom stereocenters. The van der Waals surface area contributed by atoms with Crippen molar-refractivity contribution in [3.63, 3.8) is 0 Å². The molecule has 2 aliphatic heterocycles. The third-order valence-electron chi connectivity index (χ3n) is 5.80. The summed E-state index contributed by atoms with van der Waals surface area (Å²) in [5.74, 6) is -3.56. The van der Waals surface area contributed by atoms with Gasteiger partial charge in [-0.25, -0.2) is 18.4 Å². The van der Waals surface area contributed by atoms with Crippen LogP contribution in [0.4, 0.5) is 31.5 Å². The highest BCUT2D eigenvalue weighted by Crippen LogP contribution is 2.40. The highest BCUT2D eigenvalue weighted by atomic mass is 19.4. The Kier molecular flexibility index (Phi) is 5.78. The van der Waals surface area contributed by atoms with Gasteiger partial charge < -0.3 is 14.5 Å². The first kappa shape index (κ1) is 22.0. The van der Waals surface area contributed by atoms with Crippen molar-refractivity contribution in [3.8, 4) is 0 Å². The van der Waals surface area contributed by atoms with Gasteiger partial charge >= 0.3 is 18.4 Å². The second-order valence-corrected chi connectivity index (χ2v) is 7.79. The molecule has 4 rings (SSSR count). The maximum Gasteiger partial charge on any atom is 0.419 e. The Bertz CT molecular complexity index is 1030. The van der Waals surface area contributed by atoms with E-state index in [0.717, 1.165) is 11.3 Å². The summed E-state index contributed by atoms with van der Waals surface area (Å²) in [6.45, 7) is 0.536. The number of hydrogen-bond donors (Lipinski definition) is 1. The Hall–Kier alpha value is -3.18. The molecule has 1 saturated heterocycles. The van der Waals surface area contributed by atoms with Crippen LogP contribution in [0.1, 0.15) is 41.1 Å². The van der Waals surface area contributed by atoms with Gasteiger partial charge in [-0.1, -0.05) is 0 Å². The van der Waals surface area contributed by atoms with Crippen molar-refractivity contribution in [2.45, 2.75) is 37.9 Å². The minimum absolute atomic E-state index is 0.0170. The van der Waals surface area contributed by atoms with Crippen LogP contribution in [0.15, 0.2) is 18.3 Å². The van der Waals surface area contributed by atoms with Gasteiger partial charge in [0, 0.05) is 25.7 Å². The summed E-state index contributed by atoms with van der Waals surface area (Å²) >= 11 is 0. The molecule has 0 atom stereocenters. The van der Waals surface area contributed by atoms with Gasteiger partial charge in [0.15, 0.2) is 0 Å². The largest absolute Gasteiger partial charge is 0.419 e. The van der Waals surface area contributed by atoms with Gasteiger partial charge in [0.05, 0.1) is 24.0 Å². The molecule has 2 aliphatic rings. The van der Waals surface area contributed by atoms with E-state index in [9.17, 15) is 31.5 Å². The first-order valence-electron chi connectivity index (χ1n) is 9.96. The molecule has 0 spiro atoms. The summed E-state index contributed by atoms with van der Waals surface area (Å²) in [6.07, 6.45) is -4.41. The Balaban J connectivity index is 1.37. The first-order valence-corrected chi connectivity index (χ1v) is 9.96. The number of rotatable bonds is 1. The maximum atomic E-state index is 13.9. The van der Waals surface area contributed by atoms with Gasteiger partial charge in [0.1, 0.15) is 11.6 Å².